The predicted molar refractivity (Wildman–Crippen MR) is 65.4 cm³/mol. The summed E-state index contributed by atoms with van der Waals surface area (Å²) in [4.78, 5) is 4.40. The van der Waals surface area contributed by atoms with Crippen LogP contribution < -0.4 is 10.1 Å². The predicted octanol–water partition coefficient (Wildman–Crippen LogP) is 2.30. The van der Waals surface area contributed by atoms with E-state index in [9.17, 15) is 0 Å². The molecule has 17 heavy (non-hydrogen) atoms. The number of hydrogen-bond acceptors (Lipinski definition) is 4. The van der Waals surface area contributed by atoms with Crippen LogP contribution in [0.4, 0.5) is 0 Å². The van der Waals surface area contributed by atoms with Crippen molar-refractivity contribution in [1.82, 2.24) is 10.3 Å². The second kappa shape index (κ2) is 4.37. The molecule has 0 radical (unpaired) electrons. The smallest absolute Gasteiger partial charge is 0.394 e. The minimum atomic E-state index is 0.349. The SMILES string of the molecule is COc1nc2c(C3CCNCC3)cccc2o1. The number of rotatable bonds is 2. The first-order valence-electron chi connectivity index (χ1n) is 6.02. The Hall–Kier alpha value is -1.55. The minimum Gasteiger partial charge on any atom is -0.453 e. The van der Waals surface area contributed by atoms with Crippen molar-refractivity contribution in [3.8, 4) is 6.08 Å². The molecule has 4 heteroatoms. The Morgan fingerprint density at radius 3 is 2.94 bits per heavy atom. The van der Waals surface area contributed by atoms with Crippen molar-refractivity contribution in [2.24, 2.45) is 0 Å². The molecule has 0 amide bonds. The molecule has 3 rings (SSSR count). The molecule has 2 heterocycles. The molecule has 2 aromatic rings. The summed E-state index contributed by atoms with van der Waals surface area (Å²) in [5.74, 6) is 0.578. The number of fused-ring (bicyclic) bond motifs is 1. The van der Waals surface area contributed by atoms with Crippen molar-refractivity contribution in [1.29, 1.82) is 0 Å². The van der Waals surface area contributed by atoms with E-state index in [4.69, 9.17) is 9.15 Å². The van der Waals surface area contributed by atoms with Gasteiger partial charge in [0.25, 0.3) is 0 Å². The van der Waals surface area contributed by atoms with Gasteiger partial charge in [0, 0.05) is 0 Å². The lowest BCUT2D eigenvalue weighted by molar-refractivity contribution is 0.299. The molecule has 1 aromatic heterocycles. The summed E-state index contributed by atoms with van der Waals surface area (Å²) in [5, 5.41) is 3.38. The number of benzene rings is 1. The van der Waals surface area contributed by atoms with Gasteiger partial charge in [-0.3, -0.25) is 0 Å². The molecule has 1 N–H and O–H groups in total. The van der Waals surface area contributed by atoms with Crippen LogP contribution >= 0.6 is 0 Å². The van der Waals surface area contributed by atoms with Crippen LogP contribution in [0.1, 0.15) is 24.3 Å². The molecule has 0 saturated carbocycles. The Kier molecular flexibility index (Phi) is 2.73. The average Bonchev–Trinajstić information content (AvgIpc) is 2.82. The second-order valence-corrected chi connectivity index (χ2v) is 4.40. The van der Waals surface area contributed by atoms with E-state index in [0.29, 0.717) is 12.0 Å². The average molecular weight is 232 g/mol. The van der Waals surface area contributed by atoms with Crippen LogP contribution in [0, 0.1) is 0 Å². The summed E-state index contributed by atoms with van der Waals surface area (Å²) < 4.78 is 10.6. The zero-order chi connectivity index (χ0) is 11.7. The quantitative estimate of drug-likeness (QED) is 0.863. The molecule has 1 fully saturated rings. The van der Waals surface area contributed by atoms with Gasteiger partial charge in [0.2, 0.25) is 0 Å². The van der Waals surface area contributed by atoms with Gasteiger partial charge in [0.15, 0.2) is 5.58 Å². The van der Waals surface area contributed by atoms with Gasteiger partial charge < -0.3 is 14.5 Å². The number of aromatic nitrogens is 1. The van der Waals surface area contributed by atoms with E-state index < -0.39 is 0 Å². The zero-order valence-corrected chi connectivity index (χ0v) is 9.90. The van der Waals surface area contributed by atoms with Crippen LogP contribution in [0.3, 0.4) is 0 Å². The van der Waals surface area contributed by atoms with Crippen LogP contribution in [0.5, 0.6) is 6.08 Å². The normalized spacial score (nSPS) is 17.5. The fraction of sp³-hybridized carbons (Fsp3) is 0.462. The van der Waals surface area contributed by atoms with Crippen molar-refractivity contribution in [3.63, 3.8) is 0 Å². The molecule has 1 aliphatic rings. The molecule has 0 atom stereocenters. The molecular weight excluding hydrogens is 216 g/mol. The van der Waals surface area contributed by atoms with Crippen molar-refractivity contribution in [2.45, 2.75) is 18.8 Å². The van der Waals surface area contributed by atoms with Gasteiger partial charge in [0.05, 0.1) is 7.11 Å². The van der Waals surface area contributed by atoms with Crippen molar-refractivity contribution in [2.75, 3.05) is 20.2 Å². The van der Waals surface area contributed by atoms with Crippen molar-refractivity contribution >= 4 is 11.1 Å². The third kappa shape index (κ3) is 1.89. The first-order valence-corrected chi connectivity index (χ1v) is 6.02. The fourth-order valence-corrected chi connectivity index (χ4v) is 2.50. The van der Waals surface area contributed by atoms with Crippen LogP contribution in [-0.4, -0.2) is 25.2 Å². The summed E-state index contributed by atoms with van der Waals surface area (Å²) in [6.45, 7) is 2.16. The van der Waals surface area contributed by atoms with Gasteiger partial charge >= 0.3 is 6.08 Å². The monoisotopic (exact) mass is 232 g/mol. The Bertz CT molecular complexity index is 515. The number of ether oxygens (including phenoxy) is 1. The maximum absolute atomic E-state index is 5.50. The van der Waals surface area contributed by atoms with Crippen LogP contribution in [0.25, 0.3) is 11.1 Å². The lowest BCUT2D eigenvalue weighted by Crippen LogP contribution is -2.26. The molecule has 0 aliphatic carbocycles. The van der Waals surface area contributed by atoms with E-state index in [-0.39, 0.29) is 0 Å². The Morgan fingerprint density at radius 1 is 1.35 bits per heavy atom. The third-order valence-corrected chi connectivity index (χ3v) is 3.38. The van der Waals surface area contributed by atoms with Crippen LogP contribution in [-0.2, 0) is 0 Å². The number of piperidine rings is 1. The Morgan fingerprint density at radius 2 is 2.18 bits per heavy atom. The van der Waals surface area contributed by atoms with Gasteiger partial charge in [-0.1, -0.05) is 12.1 Å². The van der Waals surface area contributed by atoms with E-state index in [0.717, 1.165) is 37.0 Å². The van der Waals surface area contributed by atoms with Crippen LogP contribution in [0.2, 0.25) is 0 Å². The second-order valence-electron chi connectivity index (χ2n) is 4.40. The van der Waals surface area contributed by atoms with Crippen molar-refractivity contribution in [3.05, 3.63) is 23.8 Å². The van der Waals surface area contributed by atoms with Gasteiger partial charge in [0.1, 0.15) is 5.52 Å². The zero-order valence-electron chi connectivity index (χ0n) is 9.90. The molecule has 0 spiro atoms. The number of para-hydroxylation sites is 1. The highest BCUT2D eigenvalue weighted by atomic mass is 16.6. The largest absolute Gasteiger partial charge is 0.453 e. The van der Waals surface area contributed by atoms with Crippen LogP contribution in [0.15, 0.2) is 22.6 Å². The van der Waals surface area contributed by atoms with Gasteiger partial charge in [-0.25, -0.2) is 0 Å². The molecule has 0 unspecified atom stereocenters. The standard InChI is InChI=1S/C13H16N2O2/c1-16-13-15-12-10(3-2-4-11(12)17-13)9-5-7-14-8-6-9/h2-4,9,14H,5-8H2,1H3. The molecule has 1 saturated heterocycles. The first kappa shape index (κ1) is 10.6. The van der Waals surface area contributed by atoms with Gasteiger partial charge in [-0.2, -0.15) is 4.98 Å². The topological polar surface area (TPSA) is 47.3 Å². The molecular formula is C13H16N2O2. The van der Waals surface area contributed by atoms with E-state index in [1.54, 1.807) is 7.11 Å². The fourth-order valence-electron chi connectivity index (χ4n) is 2.50. The molecule has 90 valence electrons. The summed E-state index contributed by atoms with van der Waals surface area (Å²) in [7, 11) is 1.58. The molecule has 0 bridgehead atoms. The number of oxazole rings is 1. The number of hydrogen-bond donors (Lipinski definition) is 1. The number of methoxy groups -OCH3 is 1. The summed E-state index contributed by atoms with van der Waals surface area (Å²) in [5.41, 5.74) is 3.06. The third-order valence-electron chi connectivity index (χ3n) is 3.38. The lowest BCUT2D eigenvalue weighted by Gasteiger charge is -2.22. The highest BCUT2D eigenvalue weighted by Gasteiger charge is 2.20. The van der Waals surface area contributed by atoms with E-state index in [1.807, 2.05) is 12.1 Å². The summed E-state index contributed by atoms with van der Waals surface area (Å²) in [6, 6.07) is 6.13. The van der Waals surface area contributed by atoms with E-state index >= 15 is 0 Å². The van der Waals surface area contributed by atoms with E-state index in [2.05, 4.69) is 16.4 Å². The maximum Gasteiger partial charge on any atom is 0.394 e. The number of nitrogens with one attached hydrogen (secondary N) is 1. The first-order chi connectivity index (χ1) is 8.38. The molecule has 1 aromatic carbocycles. The lowest BCUT2D eigenvalue weighted by atomic mass is 9.89. The highest BCUT2D eigenvalue weighted by molar-refractivity contribution is 5.77. The minimum absolute atomic E-state index is 0.349. The Labute approximate surface area is 100.0 Å². The van der Waals surface area contributed by atoms with Gasteiger partial charge in [-0.05, 0) is 43.5 Å². The van der Waals surface area contributed by atoms with Crippen molar-refractivity contribution < 1.29 is 9.15 Å². The van der Waals surface area contributed by atoms with E-state index in [1.165, 1.54) is 5.56 Å². The maximum atomic E-state index is 5.50. The number of nitrogens with zero attached hydrogens (tertiary/aromatic N) is 1. The van der Waals surface area contributed by atoms with Gasteiger partial charge in [-0.15, -0.1) is 0 Å². The molecule has 1 aliphatic heterocycles. The highest BCUT2D eigenvalue weighted by Crippen LogP contribution is 2.32. The molecule has 4 nitrogen and oxygen atoms in total. The summed E-state index contributed by atoms with van der Waals surface area (Å²) >= 11 is 0. The Balaban J connectivity index is 2.05. The summed E-state index contributed by atoms with van der Waals surface area (Å²) in [6.07, 6.45) is 2.67.